The van der Waals surface area contributed by atoms with Crippen molar-refractivity contribution in [3.8, 4) is 0 Å². The molecule has 2 atom stereocenters. The Morgan fingerprint density at radius 3 is 2.62 bits per heavy atom. The number of carboxylic acid groups (broad SMARTS) is 1. The van der Waals surface area contributed by atoms with Gasteiger partial charge in [0.25, 0.3) is 0 Å². The van der Waals surface area contributed by atoms with Crippen LogP contribution in [0.5, 0.6) is 0 Å². The van der Waals surface area contributed by atoms with Crippen LogP contribution in [0.15, 0.2) is 0 Å². The Bertz CT molecular complexity index is 233. The maximum absolute atomic E-state index is 11.2. The van der Waals surface area contributed by atoms with Gasteiger partial charge in [0.05, 0.1) is 10.5 Å². The Morgan fingerprint density at radius 1 is 1.54 bits per heavy atom. The first-order valence-corrected chi connectivity index (χ1v) is 5.35. The first-order chi connectivity index (χ1) is 6.06. The lowest BCUT2D eigenvalue weighted by Crippen LogP contribution is -2.41. The topological polar surface area (TPSA) is 77.8 Å². The van der Waals surface area contributed by atoms with Crippen molar-refractivity contribution in [3.05, 3.63) is 0 Å². The van der Waals surface area contributed by atoms with Crippen LogP contribution >= 0.6 is 22.6 Å². The number of amides is 1. The Labute approximate surface area is 88.9 Å². The predicted octanol–water partition coefficient (Wildman–Crippen LogP) is -0.532. The highest BCUT2D eigenvalue weighted by molar-refractivity contribution is 14.1. The molecule has 0 spiro atoms. The number of nitrogens with zero attached hydrogens (tertiary/aromatic N) is 1. The number of carbonyl (C=O) groups is 2. The molecule has 0 aliphatic carbocycles. The molecule has 1 saturated heterocycles. The fourth-order valence-electron chi connectivity index (χ4n) is 1.40. The van der Waals surface area contributed by atoms with E-state index in [0.29, 0.717) is 0 Å². The van der Waals surface area contributed by atoms with E-state index in [-0.39, 0.29) is 23.3 Å². The zero-order valence-electron chi connectivity index (χ0n) is 6.81. The van der Waals surface area contributed by atoms with Crippen LogP contribution in [0.4, 0.5) is 0 Å². The molecule has 1 heterocycles. The van der Waals surface area contributed by atoms with Gasteiger partial charge < -0.3 is 15.1 Å². The van der Waals surface area contributed by atoms with Crippen molar-refractivity contribution in [1.82, 2.24) is 4.90 Å². The number of carboxylic acids is 1. The molecule has 13 heavy (non-hydrogen) atoms. The highest BCUT2D eigenvalue weighted by atomic mass is 127. The Morgan fingerprint density at radius 2 is 2.15 bits per heavy atom. The first-order valence-electron chi connectivity index (χ1n) is 3.82. The number of hydrogen-bond donors (Lipinski definition) is 2. The summed E-state index contributed by atoms with van der Waals surface area (Å²) in [6.07, 6.45) is -0.564. The summed E-state index contributed by atoms with van der Waals surface area (Å²) in [5, 5.41) is 17.9. The Hall–Kier alpha value is -0.370. The molecule has 0 bridgehead atoms. The molecule has 0 saturated carbocycles. The van der Waals surface area contributed by atoms with Crippen LogP contribution in [0.25, 0.3) is 0 Å². The molecule has 0 radical (unpaired) electrons. The molecule has 1 unspecified atom stereocenters. The fourth-order valence-corrected chi connectivity index (χ4v) is 1.84. The largest absolute Gasteiger partial charge is 0.480 e. The summed E-state index contributed by atoms with van der Waals surface area (Å²) in [5.41, 5.74) is 0. The van der Waals surface area contributed by atoms with Gasteiger partial charge in [-0.2, -0.15) is 0 Å². The van der Waals surface area contributed by atoms with Crippen molar-refractivity contribution in [3.63, 3.8) is 0 Å². The summed E-state index contributed by atoms with van der Waals surface area (Å²) in [4.78, 5) is 23.1. The monoisotopic (exact) mass is 299 g/mol. The van der Waals surface area contributed by atoms with Gasteiger partial charge in [-0.05, 0) is 0 Å². The minimum atomic E-state index is -1.05. The van der Waals surface area contributed by atoms with Gasteiger partial charge >= 0.3 is 5.97 Å². The molecule has 1 aliphatic heterocycles. The number of aliphatic hydroxyl groups is 1. The molecule has 74 valence electrons. The van der Waals surface area contributed by atoms with Gasteiger partial charge in [0.1, 0.15) is 6.04 Å². The van der Waals surface area contributed by atoms with Crippen molar-refractivity contribution in [2.24, 2.45) is 0 Å². The fraction of sp³-hybridized carbons (Fsp3) is 0.714. The van der Waals surface area contributed by atoms with Crippen molar-refractivity contribution in [1.29, 1.82) is 0 Å². The number of carbonyl (C=O) groups excluding carboxylic acids is 1. The third-order valence-electron chi connectivity index (χ3n) is 2.00. The number of β-amino-alcohol motifs (C(OH)–C–C–N with tert-alkyl or cyclic N) is 1. The van der Waals surface area contributed by atoms with Crippen LogP contribution in [-0.2, 0) is 9.59 Å². The maximum Gasteiger partial charge on any atom is 0.326 e. The van der Waals surface area contributed by atoms with Crippen molar-refractivity contribution in [2.75, 3.05) is 11.0 Å². The molecular weight excluding hydrogens is 289 g/mol. The maximum atomic E-state index is 11.2. The van der Waals surface area contributed by atoms with Crippen molar-refractivity contribution < 1.29 is 19.8 Å². The first kappa shape index (κ1) is 10.7. The molecule has 5 nitrogen and oxygen atoms in total. The van der Waals surface area contributed by atoms with E-state index in [4.69, 9.17) is 5.11 Å². The molecule has 1 amide bonds. The SMILES string of the molecule is O=C(O)[C@@H]1CC(O)CN1C(=O)CI. The lowest BCUT2D eigenvalue weighted by molar-refractivity contribution is -0.147. The van der Waals surface area contributed by atoms with E-state index in [9.17, 15) is 14.7 Å². The standard InChI is InChI=1S/C7H10INO4/c8-2-6(11)9-3-4(10)1-5(9)7(12)13/h4-5,10H,1-3H2,(H,12,13)/t4?,5-/m0/s1. The van der Waals surface area contributed by atoms with Crippen LogP contribution in [-0.4, -0.2) is 50.1 Å². The Kier molecular flexibility index (Phi) is 3.48. The molecule has 0 aromatic heterocycles. The molecule has 2 N–H and O–H groups in total. The second kappa shape index (κ2) is 4.23. The summed E-state index contributed by atoms with van der Waals surface area (Å²) in [6.45, 7) is 0.138. The molecule has 6 heteroatoms. The summed E-state index contributed by atoms with van der Waals surface area (Å²) < 4.78 is 0.244. The number of rotatable bonds is 2. The highest BCUT2D eigenvalue weighted by Crippen LogP contribution is 2.18. The van der Waals surface area contributed by atoms with Gasteiger partial charge in [-0.25, -0.2) is 4.79 Å². The van der Waals surface area contributed by atoms with E-state index < -0.39 is 18.1 Å². The lowest BCUT2D eigenvalue weighted by Gasteiger charge is -2.19. The van der Waals surface area contributed by atoms with Gasteiger partial charge in [0, 0.05) is 13.0 Å². The number of aliphatic carboxylic acids is 1. The van der Waals surface area contributed by atoms with Gasteiger partial charge in [0.15, 0.2) is 0 Å². The van der Waals surface area contributed by atoms with Gasteiger partial charge in [-0.3, -0.25) is 4.79 Å². The second-order valence-corrected chi connectivity index (χ2v) is 3.69. The average molecular weight is 299 g/mol. The third kappa shape index (κ3) is 2.31. The minimum Gasteiger partial charge on any atom is -0.480 e. The summed E-state index contributed by atoms with van der Waals surface area (Å²) >= 11 is 1.88. The van der Waals surface area contributed by atoms with E-state index in [1.807, 2.05) is 22.6 Å². The number of hydrogen-bond acceptors (Lipinski definition) is 3. The molecular formula is C7H10INO4. The van der Waals surface area contributed by atoms with Crippen LogP contribution in [0, 0.1) is 0 Å². The molecule has 1 fully saturated rings. The van der Waals surface area contributed by atoms with Gasteiger partial charge in [-0.1, -0.05) is 22.6 Å². The highest BCUT2D eigenvalue weighted by Gasteiger charge is 2.38. The van der Waals surface area contributed by atoms with Crippen molar-refractivity contribution in [2.45, 2.75) is 18.6 Å². The van der Waals surface area contributed by atoms with E-state index >= 15 is 0 Å². The third-order valence-corrected chi connectivity index (χ3v) is 2.65. The van der Waals surface area contributed by atoms with E-state index in [0.717, 1.165) is 0 Å². The van der Waals surface area contributed by atoms with E-state index in [1.165, 1.54) is 4.90 Å². The van der Waals surface area contributed by atoms with Gasteiger partial charge in [-0.15, -0.1) is 0 Å². The molecule has 1 rings (SSSR count). The van der Waals surface area contributed by atoms with Crippen molar-refractivity contribution >= 4 is 34.5 Å². The van der Waals surface area contributed by atoms with Crippen LogP contribution in [0.3, 0.4) is 0 Å². The number of aliphatic hydroxyl groups excluding tert-OH is 1. The quantitative estimate of drug-likeness (QED) is 0.531. The van der Waals surface area contributed by atoms with Crippen LogP contribution < -0.4 is 0 Å². The minimum absolute atomic E-state index is 0.137. The zero-order valence-corrected chi connectivity index (χ0v) is 8.97. The van der Waals surface area contributed by atoms with Crippen LogP contribution in [0.2, 0.25) is 0 Å². The van der Waals surface area contributed by atoms with Crippen LogP contribution in [0.1, 0.15) is 6.42 Å². The summed E-state index contributed by atoms with van der Waals surface area (Å²) in [5.74, 6) is -1.28. The molecule has 0 aromatic carbocycles. The van der Waals surface area contributed by atoms with E-state index in [2.05, 4.69) is 0 Å². The predicted molar refractivity (Wildman–Crippen MR) is 52.6 cm³/mol. The average Bonchev–Trinajstić information content (AvgIpc) is 2.46. The number of alkyl halides is 1. The lowest BCUT2D eigenvalue weighted by atomic mass is 10.2. The Balaban J connectivity index is 2.71. The number of halogens is 1. The zero-order chi connectivity index (χ0) is 10.0. The summed E-state index contributed by atoms with van der Waals surface area (Å²) in [7, 11) is 0. The second-order valence-electron chi connectivity index (χ2n) is 2.92. The van der Waals surface area contributed by atoms with Gasteiger partial charge in [0.2, 0.25) is 5.91 Å². The van der Waals surface area contributed by atoms with E-state index in [1.54, 1.807) is 0 Å². The molecule has 0 aromatic rings. The summed E-state index contributed by atoms with van der Waals surface area (Å²) in [6, 6.07) is -0.850. The normalized spacial score (nSPS) is 27.7. The smallest absolute Gasteiger partial charge is 0.326 e. The number of likely N-dealkylation sites (tertiary alicyclic amines) is 1. The molecule has 1 aliphatic rings.